The van der Waals surface area contributed by atoms with Gasteiger partial charge in [0.25, 0.3) is 0 Å². The summed E-state index contributed by atoms with van der Waals surface area (Å²) in [7, 11) is 0. The molecule has 0 heterocycles. The summed E-state index contributed by atoms with van der Waals surface area (Å²) in [6, 6.07) is 5.17. The summed E-state index contributed by atoms with van der Waals surface area (Å²) in [6.45, 7) is 3.68. The average molecular weight is 314 g/mol. The smallest absolute Gasteiger partial charge is 0.160 e. The number of rotatable bonds is 12. The van der Waals surface area contributed by atoms with Crippen LogP contribution in [-0.4, -0.2) is 10.2 Å². The Morgan fingerprint density at radius 2 is 1.52 bits per heavy atom. The quantitative estimate of drug-likeness (QED) is 0.280. The van der Waals surface area contributed by atoms with Crippen molar-refractivity contribution in [2.75, 3.05) is 0 Å². The minimum Gasteiger partial charge on any atom is -0.504 e. The SMILES string of the molecule is C=CCC=CCC=CCCCCCCCc1cccc(O)c1O. The van der Waals surface area contributed by atoms with E-state index in [2.05, 4.69) is 30.9 Å². The van der Waals surface area contributed by atoms with Gasteiger partial charge >= 0.3 is 0 Å². The topological polar surface area (TPSA) is 40.5 Å². The molecule has 126 valence electrons. The number of benzene rings is 1. The third kappa shape index (κ3) is 8.92. The van der Waals surface area contributed by atoms with E-state index in [9.17, 15) is 10.2 Å². The van der Waals surface area contributed by atoms with Crippen molar-refractivity contribution in [3.8, 4) is 11.5 Å². The molecule has 0 radical (unpaired) electrons. The van der Waals surface area contributed by atoms with Crippen molar-refractivity contribution in [3.63, 3.8) is 0 Å². The van der Waals surface area contributed by atoms with Crippen LogP contribution in [0.5, 0.6) is 11.5 Å². The van der Waals surface area contributed by atoms with Gasteiger partial charge in [-0.1, -0.05) is 61.8 Å². The van der Waals surface area contributed by atoms with Gasteiger partial charge in [-0.05, 0) is 50.2 Å². The van der Waals surface area contributed by atoms with Crippen LogP contribution in [0.25, 0.3) is 0 Å². The molecule has 2 N–H and O–H groups in total. The Morgan fingerprint density at radius 1 is 0.826 bits per heavy atom. The lowest BCUT2D eigenvalue weighted by Crippen LogP contribution is -1.87. The molecular weight excluding hydrogens is 284 g/mol. The summed E-state index contributed by atoms with van der Waals surface area (Å²) in [5.74, 6) is 0.0217. The van der Waals surface area contributed by atoms with Crippen LogP contribution < -0.4 is 0 Å². The van der Waals surface area contributed by atoms with Gasteiger partial charge in [0.15, 0.2) is 11.5 Å². The highest BCUT2D eigenvalue weighted by Gasteiger charge is 2.04. The van der Waals surface area contributed by atoms with Crippen LogP contribution in [0.15, 0.2) is 55.2 Å². The molecular formula is C21H30O2. The molecule has 2 heteroatoms. The molecule has 2 nitrogen and oxygen atoms in total. The van der Waals surface area contributed by atoms with E-state index in [1.807, 2.05) is 12.1 Å². The van der Waals surface area contributed by atoms with Gasteiger partial charge in [-0.2, -0.15) is 0 Å². The number of aryl methyl sites for hydroxylation is 1. The van der Waals surface area contributed by atoms with E-state index in [1.54, 1.807) is 6.07 Å². The number of unbranched alkanes of at least 4 members (excludes halogenated alkanes) is 5. The van der Waals surface area contributed by atoms with E-state index in [4.69, 9.17) is 0 Å². The summed E-state index contributed by atoms with van der Waals surface area (Å²) < 4.78 is 0. The molecule has 0 unspecified atom stereocenters. The van der Waals surface area contributed by atoms with Crippen molar-refractivity contribution < 1.29 is 10.2 Å². The molecule has 0 aliphatic carbocycles. The van der Waals surface area contributed by atoms with Gasteiger partial charge < -0.3 is 10.2 Å². The lowest BCUT2D eigenvalue weighted by Gasteiger charge is -2.05. The third-order valence-electron chi connectivity index (χ3n) is 3.82. The van der Waals surface area contributed by atoms with Crippen LogP contribution in [0.1, 0.15) is 56.9 Å². The summed E-state index contributed by atoms with van der Waals surface area (Å²) in [5, 5.41) is 19.2. The molecule has 0 saturated carbocycles. The molecule has 0 aliphatic heterocycles. The van der Waals surface area contributed by atoms with Gasteiger partial charge in [0.05, 0.1) is 0 Å². The monoisotopic (exact) mass is 314 g/mol. The Hall–Kier alpha value is -1.96. The maximum Gasteiger partial charge on any atom is 0.160 e. The number of phenolic OH excluding ortho intramolecular Hbond substituents is 2. The van der Waals surface area contributed by atoms with E-state index in [-0.39, 0.29) is 11.5 Å². The first-order valence-electron chi connectivity index (χ1n) is 8.66. The zero-order valence-corrected chi connectivity index (χ0v) is 14.1. The Bertz CT molecular complexity index is 501. The first kappa shape index (κ1) is 19.1. The molecule has 1 aromatic rings. The average Bonchev–Trinajstić information content (AvgIpc) is 2.55. The second kappa shape index (κ2) is 12.6. The Kier molecular flexibility index (Phi) is 10.4. The minimum atomic E-state index is -0.0198. The van der Waals surface area contributed by atoms with Gasteiger partial charge in [-0.25, -0.2) is 0 Å². The lowest BCUT2D eigenvalue weighted by atomic mass is 10.0. The third-order valence-corrected chi connectivity index (χ3v) is 3.82. The number of para-hydroxylation sites is 1. The molecule has 0 fully saturated rings. The molecule has 1 aromatic carbocycles. The molecule has 0 aliphatic rings. The van der Waals surface area contributed by atoms with Crippen LogP contribution in [-0.2, 0) is 6.42 Å². The zero-order valence-electron chi connectivity index (χ0n) is 14.1. The van der Waals surface area contributed by atoms with E-state index in [0.29, 0.717) is 0 Å². The van der Waals surface area contributed by atoms with Crippen LogP contribution in [0.3, 0.4) is 0 Å². The van der Waals surface area contributed by atoms with Gasteiger partial charge in [-0.3, -0.25) is 0 Å². The van der Waals surface area contributed by atoms with E-state index >= 15 is 0 Å². The van der Waals surface area contributed by atoms with Crippen molar-refractivity contribution >= 4 is 0 Å². The Balaban J connectivity index is 1.98. The van der Waals surface area contributed by atoms with Gasteiger partial charge in [0.1, 0.15) is 0 Å². The van der Waals surface area contributed by atoms with Crippen molar-refractivity contribution in [2.24, 2.45) is 0 Å². The number of allylic oxidation sites excluding steroid dienone is 5. The van der Waals surface area contributed by atoms with E-state index < -0.39 is 0 Å². The number of aromatic hydroxyl groups is 2. The van der Waals surface area contributed by atoms with Crippen molar-refractivity contribution in [2.45, 2.75) is 57.8 Å². The molecule has 0 saturated heterocycles. The highest BCUT2D eigenvalue weighted by Crippen LogP contribution is 2.29. The number of phenols is 2. The largest absolute Gasteiger partial charge is 0.504 e. The lowest BCUT2D eigenvalue weighted by molar-refractivity contribution is 0.398. The predicted octanol–water partition coefficient (Wildman–Crippen LogP) is 6.06. The first-order valence-corrected chi connectivity index (χ1v) is 8.66. The van der Waals surface area contributed by atoms with Crippen molar-refractivity contribution in [1.29, 1.82) is 0 Å². The predicted molar refractivity (Wildman–Crippen MR) is 98.9 cm³/mol. The zero-order chi connectivity index (χ0) is 16.8. The summed E-state index contributed by atoms with van der Waals surface area (Å²) in [5.41, 5.74) is 0.845. The van der Waals surface area contributed by atoms with E-state index in [0.717, 1.165) is 37.7 Å². The summed E-state index contributed by atoms with van der Waals surface area (Å²) >= 11 is 0. The van der Waals surface area contributed by atoms with Crippen molar-refractivity contribution in [1.82, 2.24) is 0 Å². The van der Waals surface area contributed by atoms with Gasteiger partial charge in [-0.15, -0.1) is 6.58 Å². The normalized spacial score (nSPS) is 11.5. The van der Waals surface area contributed by atoms with E-state index in [1.165, 1.54) is 31.7 Å². The molecule has 23 heavy (non-hydrogen) atoms. The molecule has 0 bridgehead atoms. The maximum atomic E-state index is 9.72. The maximum absolute atomic E-state index is 9.72. The second-order valence-corrected chi connectivity index (χ2v) is 5.79. The van der Waals surface area contributed by atoms with Crippen LogP contribution in [0.4, 0.5) is 0 Å². The van der Waals surface area contributed by atoms with Crippen LogP contribution in [0.2, 0.25) is 0 Å². The number of hydrogen-bond donors (Lipinski definition) is 2. The summed E-state index contributed by atoms with van der Waals surface area (Å²) in [4.78, 5) is 0. The van der Waals surface area contributed by atoms with Gasteiger partial charge in [0.2, 0.25) is 0 Å². The fraction of sp³-hybridized carbons (Fsp3) is 0.429. The fourth-order valence-electron chi connectivity index (χ4n) is 2.47. The minimum absolute atomic E-state index is 0.0198. The van der Waals surface area contributed by atoms with Crippen LogP contribution in [0, 0.1) is 0 Å². The Morgan fingerprint density at radius 3 is 2.35 bits per heavy atom. The number of hydrogen-bond acceptors (Lipinski definition) is 2. The standard InChI is InChI=1S/C21H30O2/c1-2-3-4-5-6-7-8-9-10-11-12-13-14-16-19-17-15-18-20(22)21(19)23/h2,4-5,7-8,15,17-18,22-23H,1,3,6,9-14,16H2. The highest BCUT2D eigenvalue weighted by atomic mass is 16.3. The van der Waals surface area contributed by atoms with Crippen molar-refractivity contribution in [3.05, 3.63) is 60.7 Å². The molecule has 0 spiro atoms. The molecule has 0 atom stereocenters. The molecule has 1 rings (SSSR count). The molecule has 0 aromatic heterocycles. The van der Waals surface area contributed by atoms with Crippen LogP contribution >= 0.6 is 0 Å². The second-order valence-electron chi connectivity index (χ2n) is 5.79. The summed E-state index contributed by atoms with van der Waals surface area (Å²) in [6.07, 6.45) is 20.6. The molecule has 0 amide bonds. The first-order chi connectivity index (χ1) is 11.3. The van der Waals surface area contributed by atoms with Gasteiger partial charge in [0, 0.05) is 0 Å². The Labute approximate surface area is 140 Å². The fourth-order valence-corrected chi connectivity index (χ4v) is 2.47. The highest BCUT2D eigenvalue weighted by molar-refractivity contribution is 5.44.